The van der Waals surface area contributed by atoms with Gasteiger partial charge in [-0.1, -0.05) is 12.8 Å². The molecule has 18 heavy (non-hydrogen) atoms. The molecule has 3 N–H and O–H groups in total. The van der Waals surface area contributed by atoms with Crippen LogP contribution < -0.4 is 5.73 Å². The highest BCUT2D eigenvalue weighted by Crippen LogP contribution is 2.32. The second-order valence-electron chi connectivity index (χ2n) is 5.30. The molecule has 1 saturated carbocycles. The minimum absolute atomic E-state index is 0.157. The van der Waals surface area contributed by atoms with E-state index in [-0.39, 0.29) is 18.4 Å². The average Bonchev–Trinajstić information content (AvgIpc) is 2.40. The largest absolute Gasteiger partial charge is 0.396 e. The third-order valence-electron chi connectivity index (χ3n) is 3.99. The summed E-state index contributed by atoms with van der Waals surface area (Å²) >= 11 is 0. The monoisotopic (exact) mass is 256 g/mol. The number of nitrogens with two attached hydrogens (primary N) is 1. The first-order chi connectivity index (χ1) is 8.72. The number of aliphatic hydroxyl groups excluding tert-OH is 1. The Labute approximate surface area is 111 Å². The standard InChI is InChI=1S/C14H28N2O2/c1-2-16(9-4-10-17)14(18)13-6-3-5-12(11-13)7-8-15/h12-13,17H,2-11,15H2,1H3. The lowest BCUT2D eigenvalue weighted by Gasteiger charge is -2.32. The SMILES string of the molecule is CCN(CCCO)C(=O)C1CCCC(CCN)C1. The quantitative estimate of drug-likeness (QED) is 0.723. The maximum absolute atomic E-state index is 12.4. The Balaban J connectivity index is 2.47. The Morgan fingerprint density at radius 1 is 1.44 bits per heavy atom. The van der Waals surface area contributed by atoms with Gasteiger partial charge in [0.15, 0.2) is 0 Å². The molecule has 1 aliphatic carbocycles. The molecule has 106 valence electrons. The van der Waals surface area contributed by atoms with E-state index in [1.165, 1.54) is 6.42 Å². The van der Waals surface area contributed by atoms with Crippen LogP contribution in [0.4, 0.5) is 0 Å². The van der Waals surface area contributed by atoms with Crippen LogP contribution >= 0.6 is 0 Å². The van der Waals surface area contributed by atoms with Crippen LogP contribution in [0.3, 0.4) is 0 Å². The van der Waals surface area contributed by atoms with E-state index in [1.807, 2.05) is 11.8 Å². The van der Waals surface area contributed by atoms with Crippen LogP contribution in [0.15, 0.2) is 0 Å². The van der Waals surface area contributed by atoms with Crippen LogP contribution in [0, 0.1) is 11.8 Å². The van der Waals surface area contributed by atoms with E-state index in [9.17, 15) is 4.79 Å². The molecule has 1 fully saturated rings. The molecule has 1 amide bonds. The summed E-state index contributed by atoms with van der Waals surface area (Å²) < 4.78 is 0. The van der Waals surface area contributed by atoms with E-state index in [0.29, 0.717) is 18.9 Å². The van der Waals surface area contributed by atoms with Gasteiger partial charge < -0.3 is 15.7 Å². The molecule has 1 aliphatic rings. The minimum Gasteiger partial charge on any atom is -0.396 e. The molecule has 2 unspecified atom stereocenters. The topological polar surface area (TPSA) is 66.6 Å². The molecule has 1 rings (SSSR count). The second-order valence-corrected chi connectivity index (χ2v) is 5.30. The zero-order valence-corrected chi connectivity index (χ0v) is 11.6. The second kappa shape index (κ2) is 8.48. The van der Waals surface area contributed by atoms with Gasteiger partial charge in [0, 0.05) is 25.6 Å². The maximum Gasteiger partial charge on any atom is 0.225 e. The van der Waals surface area contributed by atoms with Crippen molar-refractivity contribution in [2.24, 2.45) is 17.6 Å². The van der Waals surface area contributed by atoms with Crippen molar-refractivity contribution in [1.82, 2.24) is 4.90 Å². The summed E-state index contributed by atoms with van der Waals surface area (Å²) in [6, 6.07) is 0. The molecule has 0 spiro atoms. The maximum atomic E-state index is 12.4. The van der Waals surface area contributed by atoms with Gasteiger partial charge in [0.1, 0.15) is 0 Å². The van der Waals surface area contributed by atoms with Gasteiger partial charge in [-0.15, -0.1) is 0 Å². The smallest absolute Gasteiger partial charge is 0.225 e. The van der Waals surface area contributed by atoms with Crippen molar-refractivity contribution >= 4 is 5.91 Å². The summed E-state index contributed by atoms with van der Waals surface area (Å²) in [6.07, 6.45) is 6.13. The summed E-state index contributed by atoms with van der Waals surface area (Å²) in [6.45, 7) is 4.33. The summed E-state index contributed by atoms with van der Waals surface area (Å²) in [5.41, 5.74) is 5.61. The third-order valence-corrected chi connectivity index (χ3v) is 3.99. The summed E-state index contributed by atoms with van der Waals surface area (Å²) in [4.78, 5) is 14.3. The summed E-state index contributed by atoms with van der Waals surface area (Å²) in [5, 5.41) is 8.86. The molecule has 0 radical (unpaired) electrons. The fourth-order valence-electron chi connectivity index (χ4n) is 2.96. The number of aliphatic hydroxyl groups is 1. The van der Waals surface area contributed by atoms with E-state index in [0.717, 1.165) is 38.8 Å². The van der Waals surface area contributed by atoms with Gasteiger partial charge >= 0.3 is 0 Å². The number of nitrogens with zero attached hydrogens (tertiary/aromatic N) is 1. The van der Waals surface area contributed by atoms with Crippen LogP contribution in [0.25, 0.3) is 0 Å². The molecule has 0 aliphatic heterocycles. The highest BCUT2D eigenvalue weighted by molar-refractivity contribution is 5.78. The van der Waals surface area contributed by atoms with Gasteiger partial charge in [-0.2, -0.15) is 0 Å². The Morgan fingerprint density at radius 3 is 2.83 bits per heavy atom. The van der Waals surface area contributed by atoms with Crippen LogP contribution in [-0.2, 0) is 4.79 Å². The van der Waals surface area contributed by atoms with Gasteiger partial charge in [-0.25, -0.2) is 0 Å². The predicted molar refractivity (Wildman–Crippen MR) is 73.1 cm³/mol. The first kappa shape index (κ1) is 15.4. The average molecular weight is 256 g/mol. The van der Waals surface area contributed by atoms with Crippen molar-refractivity contribution in [3.63, 3.8) is 0 Å². The molecule has 0 saturated heterocycles. The van der Waals surface area contributed by atoms with E-state index in [4.69, 9.17) is 10.8 Å². The van der Waals surface area contributed by atoms with Crippen molar-refractivity contribution < 1.29 is 9.90 Å². The number of hydrogen-bond acceptors (Lipinski definition) is 3. The van der Waals surface area contributed by atoms with E-state index < -0.39 is 0 Å². The highest BCUT2D eigenvalue weighted by Gasteiger charge is 2.29. The van der Waals surface area contributed by atoms with Crippen molar-refractivity contribution in [2.75, 3.05) is 26.2 Å². The number of rotatable bonds is 7. The molecule has 0 heterocycles. The fraction of sp³-hybridized carbons (Fsp3) is 0.929. The van der Waals surface area contributed by atoms with Crippen molar-refractivity contribution in [1.29, 1.82) is 0 Å². The highest BCUT2D eigenvalue weighted by atomic mass is 16.3. The number of carbonyl (C=O) groups is 1. The molecule has 4 heteroatoms. The minimum atomic E-state index is 0.157. The molecule has 2 atom stereocenters. The summed E-state index contributed by atoms with van der Waals surface area (Å²) in [5.74, 6) is 1.11. The van der Waals surface area contributed by atoms with E-state index in [1.54, 1.807) is 0 Å². The Morgan fingerprint density at radius 2 is 2.22 bits per heavy atom. The first-order valence-corrected chi connectivity index (χ1v) is 7.32. The van der Waals surface area contributed by atoms with Crippen molar-refractivity contribution in [2.45, 2.75) is 45.4 Å². The molecule has 0 aromatic heterocycles. The Bertz CT molecular complexity index is 244. The van der Waals surface area contributed by atoms with Gasteiger partial charge in [-0.3, -0.25) is 4.79 Å². The third kappa shape index (κ3) is 4.58. The van der Waals surface area contributed by atoms with Gasteiger partial charge in [-0.05, 0) is 45.1 Å². The predicted octanol–water partition coefficient (Wildman–Crippen LogP) is 1.37. The van der Waals surface area contributed by atoms with E-state index >= 15 is 0 Å². The zero-order valence-electron chi connectivity index (χ0n) is 11.6. The zero-order chi connectivity index (χ0) is 13.4. The van der Waals surface area contributed by atoms with Crippen molar-refractivity contribution in [3.05, 3.63) is 0 Å². The van der Waals surface area contributed by atoms with E-state index in [2.05, 4.69) is 0 Å². The Kier molecular flexibility index (Phi) is 7.28. The molecule has 0 bridgehead atoms. The molecule has 0 aromatic carbocycles. The van der Waals surface area contributed by atoms with Crippen LogP contribution in [0.1, 0.15) is 45.4 Å². The molecular weight excluding hydrogens is 228 g/mol. The first-order valence-electron chi connectivity index (χ1n) is 7.32. The molecule has 0 aromatic rings. The van der Waals surface area contributed by atoms with Crippen LogP contribution in [0.2, 0.25) is 0 Å². The van der Waals surface area contributed by atoms with Crippen molar-refractivity contribution in [3.8, 4) is 0 Å². The molecule has 4 nitrogen and oxygen atoms in total. The summed E-state index contributed by atoms with van der Waals surface area (Å²) in [7, 11) is 0. The van der Waals surface area contributed by atoms with Gasteiger partial charge in [0.05, 0.1) is 0 Å². The Hall–Kier alpha value is -0.610. The number of carbonyl (C=O) groups excluding carboxylic acids is 1. The normalized spacial score (nSPS) is 23.9. The van der Waals surface area contributed by atoms with Gasteiger partial charge in [0.2, 0.25) is 5.91 Å². The lowest BCUT2D eigenvalue weighted by atomic mass is 9.79. The molecular formula is C14H28N2O2. The lowest BCUT2D eigenvalue weighted by Crippen LogP contribution is -2.39. The van der Waals surface area contributed by atoms with Crippen LogP contribution in [0.5, 0.6) is 0 Å². The fourth-order valence-corrected chi connectivity index (χ4v) is 2.96. The number of amides is 1. The lowest BCUT2D eigenvalue weighted by molar-refractivity contribution is -0.137. The number of hydrogen-bond donors (Lipinski definition) is 2. The van der Waals surface area contributed by atoms with Crippen LogP contribution in [-0.4, -0.2) is 42.2 Å². The van der Waals surface area contributed by atoms with Gasteiger partial charge in [0.25, 0.3) is 0 Å².